The Labute approximate surface area is 135 Å². The molecule has 2 aliphatic heterocycles. The number of amides is 1. The third-order valence-electron chi connectivity index (χ3n) is 4.76. The van der Waals surface area contributed by atoms with Gasteiger partial charge in [0.2, 0.25) is 0 Å². The zero-order valence-corrected chi connectivity index (χ0v) is 13.0. The van der Waals surface area contributed by atoms with Crippen LogP contribution in [0.15, 0.2) is 48.7 Å². The number of hydrogen-bond donors (Lipinski definition) is 1. The molecule has 1 aromatic heterocycles. The average Bonchev–Trinajstić information content (AvgIpc) is 3.25. The molecular weight excluding hydrogens is 290 g/mol. The van der Waals surface area contributed by atoms with Crippen molar-refractivity contribution in [3.8, 4) is 0 Å². The lowest BCUT2D eigenvalue weighted by Gasteiger charge is -2.36. The molecule has 0 saturated carbocycles. The Kier molecular flexibility index (Phi) is 3.89. The summed E-state index contributed by atoms with van der Waals surface area (Å²) in [4.78, 5) is 19.9. The SMILES string of the molecule is O=C(c1ccc[nH]1)N1C[C@@H]2OCCN(Cc3ccccc3)[C@H]2C1. The Hall–Kier alpha value is -2.11. The lowest BCUT2D eigenvalue weighted by atomic mass is 10.1. The van der Waals surface area contributed by atoms with E-state index in [1.165, 1.54) is 5.56 Å². The van der Waals surface area contributed by atoms with Crippen LogP contribution in [0, 0.1) is 0 Å². The van der Waals surface area contributed by atoms with Gasteiger partial charge in [-0.1, -0.05) is 30.3 Å². The van der Waals surface area contributed by atoms with Crippen molar-refractivity contribution < 1.29 is 9.53 Å². The monoisotopic (exact) mass is 311 g/mol. The van der Waals surface area contributed by atoms with Crippen LogP contribution in [0.2, 0.25) is 0 Å². The van der Waals surface area contributed by atoms with Crippen LogP contribution in [0.5, 0.6) is 0 Å². The molecule has 23 heavy (non-hydrogen) atoms. The van der Waals surface area contributed by atoms with Crippen LogP contribution >= 0.6 is 0 Å². The van der Waals surface area contributed by atoms with Crippen molar-refractivity contribution in [3.63, 3.8) is 0 Å². The van der Waals surface area contributed by atoms with E-state index < -0.39 is 0 Å². The molecule has 2 fully saturated rings. The molecule has 1 aromatic carbocycles. The maximum atomic E-state index is 12.5. The molecule has 2 saturated heterocycles. The molecule has 0 spiro atoms. The van der Waals surface area contributed by atoms with Gasteiger partial charge in [-0.2, -0.15) is 0 Å². The first-order chi connectivity index (χ1) is 11.3. The number of rotatable bonds is 3. The zero-order chi connectivity index (χ0) is 15.6. The number of fused-ring (bicyclic) bond motifs is 1. The summed E-state index contributed by atoms with van der Waals surface area (Å²) in [5, 5.41) is 0. The van der Waals surface area contributed by atoms with E-state index in [0.717, 1.165) is 26.2 Å². The highest BCUT2D eigenvalue weighted by molar-refractivity contribution is 5.92. The van der Waals surface area contributed by atoms with E-state index >= 15 is 0 Å². The maximum absolute atomic E-state index is 12.5. The Morgan fingerprint density at radius 3 is 2.83 bits per heavy atom. The van der Waals surface area contributed by atoms with Crippen molar-refractivity contribution in [2.24, 2.45) is 0 Å². The second-order valence-electron chi connectivity index (χ2n) is 6.23. The van der Waals surface area contributed by atoms with Gasteiger partial charge in [-0.05, 0) is 17.7 Å². The third kappa shape index (κ3) is 2.90. The minimum absolute atomic E-state index is 0.0626. The number of benzene rings is 1. The molecule has 0 aliphatic carbocycles. The fraction of sp³-hybridized carbons (Fsp3) is 0.389. The first-order valence-electron chi connectivity index (χ1n) is 8.13. The van der Waals surface area contributed by atoms with Crippen molar-refractivity contribution in [1.82, 2.24) is 14.8 Å². The molecule has 0 bridgehead atoms. The zero-order valence-electron chi connectivity index (χ0n) is 13.0. The molecule has 2 atom stereocenters. The van der Waals surface area contributed by atoms with Crippen LogP contribution in [0.25, 0.3) is 0 Å². The van der Waals surface area contributed by atoms with Crippen molar-refractivity contribution in [2.75, 3.05) is 26.2 Å². The molecule has 5 nitrogen and oxygen atoms in total. The van der Waals surface area contributed by atoms with Crippen LogP contribution in [-0.4, -0.2) is 59.1 Å². The van der Waals surface area contributed by atoms with Gasteiger partial charge >= 0.3 is 0 Å². The van der Waals surface area contributed by atoms with E-state index in [4.69, 9.17) is 4.74 Å². The highest BCUT2D eigenvalue weighted by atomic mass is 16.5. The van der Waals surface area contributed by atoms with E-state index in [2.05, 4.69) is 34.1 Å². The van der Waals surface area contributed by atoms with Crippen LogP contribution in [0.3, 0.4) is 0 Å². The minimum Gasteiger partial charge on any atom is -0.373 e. The van der Waals surface area contributed by atoms with Crippen molar-refractivity contribution in [3.05, 3.63) is 59.9 Å². The molecular formula is C18H21N3O2. The first kappa shape index (κ1) is 14.5. The summed E-state index contributed by atoms with van der Waals surface area (Å²) in [6, 6.07) is 14.5. The molecule has 2 aromatic rings. The molecule has 0 radical (unpaired) electrons. The lowest BCUT2D eigenvalue weighted by Crippen LogP contribution is -2.50. The Morgan fingerprint density at radius 2 is 2.04 bits per heavy atom. The normalized spacial score (nSPS) is 24.6. The number of aromatic amines is 1. The number of nitrogens with zero attached hydrogens (tertiary/aromatic N) is 2. The molecule has 1 amide bonds. The number of likely N-dealkylation sites (tertiary alicyclic amines) is 1. The van der Waals surface area contributed by atoms with Crippen LogP contribution < -0.4 is 0 Å². The number of hydrogen-bond acceptors (Lipinski definition) is 3. The van der Waals surface area contributed by atoms with Crippen molar-refractivity contribution in [1.29, 1.82) is 0 Å². The minimum atomic E-state index is 0.0626. The van der Waals surface area contributed by atoms with E-state index in [1.807, 2.05) is 23.1 Å². The van der Waals surface area contributed by atoms with Crippen LogP contribution in [0.1, 0.15) is 16.1 Å². The highest BCUT2D eigenvalue weighted by Gasteiger charge is 2.41. The third-order valence-corrected chi connectivity index (χ3v) is 4.76. The topological polar surface area (TPSA) is 48.6 Å². The average molecular weight is 311 g/mol. The van der Waals surface area contributed by atoms with E-state index in [0.29, 0.717) is 12.2 Å². The maximum Gasteiger partial charge on any atom is 0.270 e. The van der Waals surface area contributed by atoms with Gasteiger partial charge < -0.3 is 14.6 Å². The van der Waals surface area contributed by atoms with Crippen molar-refractivity contribution in [2.45, 2.75) is 18.7 Å². The van der Waals surface area contributed by atoms with E-state index in [-0.39, 0.29) is 18.1 Å². The fourth-order valence-electron chi connectivity index (χ4n) is 3.57. The van der Waals surface area contributed by atoms with Gasteiger partial charge in [0.15, 0.2) is 0 Å². The Balaban J connectivity index is 1.47. The Morgan fingerprint density at radius 1 is 1.17 bits per heavy atom. The second-order valence-corrected chi connectivity index (χ2v) is 6.23. The summed E-state index contributed by atoms with van der Waals surface area (Å²) in [6.45, 7) is 3.97. The summed E-state index contributed by atoms with van der Waals surface area (Å²) in [5.74, 6) is 0.0626. The molecule has 2 aliphatic rings. The number of ether oxygens (including phenoxy) is 1. The number of aromatic nitrogens is 1. The summed E-state index contributed by atoms with van der Waals surface area (Å²) in [7, 11) is 0. The summed E-state index contributed by atoms with van der Waals surface area (Å²) < 4.78 is 5.92. The van der Waals surface area contributed by atoms with Crippen LogP contribution in [0.4, 0.5) is 0 Å². The number of carbonyl (C=O) groups is 1. The molecule has 120 valence electrons. The summed E-state index contributed by atoms with van der Waals surface area (Å²) in [5.41, 5.74) is 1.96. The standard InChI is InChI=1S/C18H21N3O2/c22-18(15-7-4-8-19-15)21-12-16-17(13-21)23-10-9-20(16)11-14-5-2-1-3-6-14/h1-8,16-17,19H,9-13H2/t16-,17-/m0/s1. The lowest BCUT2D eigenvalue weighted by molar-refractivity contribution is -0.0503. The number of H-pyrrole nitrogens is 1. The largest absolute Gasteiger partial charge is 0.373 e. The van der Waals surface area contributed by atoms with Gasteiger partial charge in [0.25, 0.3) is 5.91 Å². The molecule has 3 heterocycles. The van der Waals surface area contributed by atoms with Gasteiger partial charge in [-0.15, -0.1) is 0 Å². The molecule has 0 unspecified atom stereocenters. The quantitative estimate of drug-likeness (QED) is 0.939. The fourth-order valence-corrected chi connectivity index (χ4v) is 3.57. The van der Waals surface area contributed by atoms with Crippen LogP contribution in [-0.2, 0) is 11.3 Å². The summed E-state index contributed by atoms with van der Waals surface area (Å²) >= 11 is 0. The number of carbonyl (C=O) groups excluding carboxylic acids is 1. The smallest absolute Gasteiger partial charge is 0.270 e. The second kappa shape index (κ2) is 6.18. The predicted octanol–water partition coefficient (Wildman–Crippen LogP) is 1.74. The first-order valence-corrected chi connectivity index (χ1v) is 8.13. The molecule has 4 rings (SSSR count). The van der Waals surface area contributed by atoms with E-state index in [9.17, 15) is 4.79 Å². The Bertz CT molecular complexity index is 656. The van der Waals surface area contributed by atoms with Crippen molar-refractivity contribution >= 4 is 5.91 Å². The van der Waals surface area contributed by atoms with Gasteiger partial charge in [-0.25, -0.2) is 0 Å². The predicted molar refractivity (Wildman–Crippen MR) is 87.1 cm³/mol. The van der Waals surface area contributed by atoms with Gasteiger partial charge in [0.05, 0.1) is 18.8 Å². The van der Waals surface area contributed by atoms with E-state index in [1.54, 1.807) is 6.20 Å². The molecule has 5 heteroatoms. The number of morpholine rings is 1. The van der Waals surface area contributed by atoms with Gasteiger partial charge in [-0.3, -0.25) is 9.69 Å². The summed E-state index contributed by atoms with van der Waals surface area (Å²) in [6.07, 6.45) is 1.90. The van der Waals surface area contributed by atoms with Gasteiger partial charge in [0, 0.05) is 32.4 Å². The van der Waals surface area contributed by atoms with Gasteiger partial charge in [0.1, 0.15) is 5.69 Å². The molecule has 1 N–H and O–H groups in total. The number of nitrogens with one attached hydrogen (secondary N) is 1. The highest BCUT2D eigenvalue weighted by Crippen LogP contribution is 2.25.